The molecule has 1 fully saturated rings. The fraction of sp³-hybridized carbons (Fsp3) is 0.579. The number of ether oxygens (including phenoxy) is 1. The van der Waals surface area contributed by atoms with Crippen LogP contribution in [0.15, 0.2) is 23.3 Å². The van der Waals surface area contributed by atoms with Crippen molar-refractivity contribution in [3.63, 3.8) is 0 Å². The highest BCUT2D eigenvalue weighted by Crippen LogP contribution is 2.05. The van der Waals surface area contributed by atoms with Crippen LogP contribution in [0.1, 0.15) is 17.2 Å². The Labute approximate surface area is 199 Å². The highest BCUT2D eigenvalue weighted by atomic mass is 127. The van der Waals surface area contributed by atoms with Crippen molar-refractivity contribution in [2.75, 3.05) is 45.9 Å². The minimum absolute atomic E-state index is 0. The Bertz CT molecular complexity index is 792. The van der Waals surface area contributed by atoms with Crippen LogP contribution in [0.25, 0.3) is 0 Å². The van der Waals surface area contributed by atoms with Crippen molar-refractivity contribution in [1.82, 2.24) is 35.3 Å². The van der Waals surface area contributed by atoms with Gasteiger partial charge in [-0.25, -0.2) is 9.98 Å². The molecule has 0 saturated carbocycles. The van der Waals surface area contributed by atoms with Crippen molar-refractivity contribution in [3.05, 3.63) is 40.7 Å². The minimum Gasteiger partial charge on any atom is -0.379 e. The second-order valence-electron chi connectivity index (χ2n) is 6.93. The van der Waals surface area contributed by atoms with E-state index in [1.807, 2.05) is 30.7 Å². The van der Waals surface area contributed by atoms with E-state index in [1.165, 1.54) is 0 Å². The zero-order chi connectivity index (χ0) is 20.5. The van der Waals surface area contributed by atoms with E-state index < -0.39 is 0 Å². The van der Waals surface area contributed by atoms with Crippen molar-refractivity contribution in [3.8, 4) is 0 Å². The first kappa shape index (κ1) is 24.8. The van der Waals surface area contributed by atoms with E-state index in [0.717, 1.165) is 75.5 Å². The van der Waals surface area contributed by atoms with Gasteiger partial charge in [-0.1, -0.05) is 17.7 Å². The van der Waals surface area contributed by atoms with Crippen molar-refractivity contribution in [1.29, 1.82) is 0 Å². The van der Waals surface area contributed by atoms with Crippen molar-refractivity contribution >= 4 is 41.5 Å². The Morgan fingerprint density at radius 2 is 1.97 bits per heavy atom. The maximum absolute atomic E-state index is 5.85. The molecule has 166 valence electrons. The first-order chi connectivity index (χ1) is 14.1. The molecule has 0 aliphatic carbocycles. The van der Waals surface area contributed by atoms with Gasteiger partial charge in [-0.05, 0) is 25.0 Å². The summed E-state index contributed by atoms with van der Waals surface area (Å²) in [5, 5.41) is 15.6. The molecule has 3 rings (SSSR count). The summed E-state index contributed by atoms with van der Waals surface area (Å²) in [4.78, 5) is 11.2. The summed E-state index contributed by atoms with van der Waals surface area (Å²) in [5.41, 5.74) is 1.12. The molecule has 1 saturated heterocycles. The molecule has 0 spiro atoms. The second-order valence-corrected chi connectivity index (χ2v) is 7.32. The Kier molecular flexibility index (Phi) is 10.8. The van der Waals surface area contributed by atoms with E-state index in [-0.39, 0.29) is 24.0 Å². The molecule has 2 aromatic rings. The molecule has 1 aliphatic rings. The van der Waals surface area contributed by atoms with Crippen LogP contribution in [0, 0.1) is 6.92 Å². The van der Waals surface area contributed by atoms with Crippen LogP contribution in [-0.4, -0.2) is 76.5 Å². The summed E-state index contributed by atoms with van der Waals surface area (Å²) in [5.74, 6) is 2.47. The molecular weight excluding hydrogens is 519 g/mol. The van der Waals surface area contributed by atoms with Gasteiger partial charge in [0.2, 0.25) is 0 Å². The third-order valence-corrected chi connectivity index (χ3v) is 5.10. The molecule has 0 atom stereocenters. The largest absolute Gasteiger partial charge is 0.379 e. The van der Waals surface area contributed by atoms with Crippen molar-refractivity contribution < 1.29 is 4.74 Å². The summed E-state index contributed by atoms with van der Waals surface area (Å²) in [6.07, 6.45) is 2.63. The third kappa shape index (κ3) is 7.97. The maximum Gasteiger partial charge on any atom is 0.191 e. The number of pyridine rings is 1. The number of aromatic nitrogens is 4. The lowest BCUT2D eigenvalue weighted by molar-refractivity contribution is 0.0389. The molecule has 0 bridgehead atoms. The topological polar surface area (TPSA) is 92.5 Å². The highest BCUT2D eigenvalue weighted by molar-refractivity contribution is 14.0. The number of guanidine groups is 1. The lowest BCUT2D eigenvalue weighted by Crippen LogP contribution is -2.44. The lowest BCUT2D eigenvalue weighted by Gasteiger charge is -2.26. The van der Waals surface area contributed by atoms with Crippen LogP contribution in [0.2, 0.25) is 5.15 Å². The standard InChI is InChI=1S/C19H29ClN8O.HI/c1-15-25-26-18(27(15)2)14-24-19(22-7-8-28-9-11-29-12-10-28)21-6-5-16-3-4-17(20)23-13-16;/h3-4,13H,5-12,14H2,1-2H3,(H2,21,22,24);1H. The van der Waals surface area contributed by atoms with Gasteiger partial charge >= 0.3 is 0 Å². The number of hydrogen-bond acceptors (Lipinski definition) is 6. The van der Waals surface area contributed by atoms with E-state index in [9.17, 15) is 0 Å². The summed E-state index contributed by atoms with van der Waals surface area (Å²) in [7, 11) is 1.95. The van der Waals surface area contributed by atoms with Crippen LogP contribution < -0.4 is 10.6 Å². The fourth-order valence-corrected chi connectivity index (χ4v) is 3.06. The monoisotopic (exact) mass is 548 g/mol. The summed E-state index contributed by atoms with van der Waals surface area (Å²) in [6, 6.07) is 3.80. The Morgan fingerprint density at radius 3 is 2.63 bits per heavy atom. The number of aryl methyl sites for hydroxylation is 1. The fourth-order valence-electron chi connectivity index (χ4n) is 2.95. The second kappa shape index (κ2) is 13.0. The molecule has 1 aliphatic heterocycles. The molecule has 30 heavy (non-hydrogen) atoms. The zero-order valence-electron chi connectivity index (χ0n) is 17.5. The van der Waals surface area contributed by atoms with Crippen LogP contribution in [0.3, 0.4) is 0 Å². The van der Waals surface area contributed by atoms with Crippen LogP contribution >= 0.6 is 35.6 Å². The zero-order valence-corrected chi connectivity index (χ0v) is 20.6. The molecule has 2 aromatic heterocycles. The first-order valence-corrected chi connectivity index (χ1v) is 10.3. The number of aliphatic imine (C=N–C) groups is 1. The predicted octanol–water partition coefficient (Wildman–Crippen LogP) is 1.40. The first-order valence-electron chi connectivity index (χ1n) is 9.89. The van der Waals surface area contributed by atoms with Crippen LogP contribution in [-0.2, 0) is 24.8 Å². The Hall–Kier alpha value is -1.50. The molecule has 0 radical (unpaired) electrons. The van der Waals surface area contributed by atoms with E-state index in [0.29, 0.717) is 11.7 Å². The van der Waals surface area contributed by atoms with E-state index >= 15 is 0 Å². The van der Waals surface area contributed by atoms with Gasteiger partial charge in [-0.3, -0.25) is 4.90 Å². The predicted molar refractivity (Wildman–Crippen MR) is 129 cm³/mol. The molecule has 0 aromatic carbocycles. The quantitative estimate of drug-likeness (QED) is 0.223. The van der Waals surface area contributed by atoms with Gasteiger partial charge in [0.15, 0.2) is 11.8 Å². The SMILES string of the molecule is Cc1nnc(CN=C(NCCc2ccc(Cl)nc2)NCCN2CCOCC2)n1C.I. The van der Waals surface area contributed by atoms with Crippen LogP contribution in [0.5, 0.6) is 0 Å². The number of nitrogens with one attached hydrogen (secondary N) is 2. The van der Waals surface area contributed by atoms with Gasteiger partial charge in [0.1, 0.15) is 17.5 Å². The molecule has 2 N–H and O–H groups in total. The van der Waals surface area contributed by atoms with Gasteiger partial charge in [-0.15, -0.1) is 34.2 Å². The van der Waals surface area contributed by atoms with E-state index in [1.54, 1.807) is 6.20 Å². The number of morpholine rings is 1. The number of hydrogen-bond donors (Lipinski definition) is 2. The molecule has 0 amide bonds. The minimum atomic E-state index is 0. The average Bonchev–Trinajstić information content (AvgIpc) is 3.06. The van der Waals surface area contributed by atoms with Crippen molar-refractivity contribution in [2.24, 2.45) is 12.0 Å². The molecule has 3 heterocycles. The molecule has 11 heteroatoms. The molecular formula is C19H30ClIN8O. The van der Waals surface area contributed by atoms with Gasteiger partial charge in [0.25, 0.3) is 0 Å². The molecule has 0 unspecified atom stereocenters. The van der Waals surface area contributed by atoms with Gasteiger partial charge in [0.05, 0.1) is 13.2 Å². The summed E-state index contributed by atoms with van der Waals surface area (Å²) < 4.78 is 7.36. The highest BCUT2D eigenvalue weighted by Gasteiger charge is 2.10. The smallest absolute Gasteiger partial charge is 0.191 e. The van der Waals surface area contributed by atoms with E-state index in [2.05, 4.69) is 35.7 Å². The van der Waals surface area contributed by atoms with Gasteiger partial charge in [-0.2, -0.15) is 0 Å². The number of halogens is 2. The third-order valence-electron chi connectivity index (χ3n) is 4.88. The lowest BCUT2D eigenvalue weighted by atomic mass is 10.2. The van der Waals surface area contributed by atoms with Crippen molar-refractivity contribution in [2.45, 2.75) is 19.9 Å². The van der Waals surface area contributed by atoms with E-state index in [4.69, 9.17) is 16.3 Å². The summed E-state index contributed by atoms with van der Waals surface area (Å²) >= 11 is 5.85. The Morgan fingerprint density at radius 1 is 1.20 bits per heavy atom. The van der Waals surface area contributed by atoms with Gasteiger partial charge < -0.3 is 19.9 Å². The van der Waals surface area contributed by atoms with Gasteiger partial charge in [0, 0.05) is 46.0 Å². The van der Waals surface area contributed by atoms with Crippen LogP contribution in [0.4, 0.5) is 0 Å². The Balaban J connectivity index is 0.00000320. The number of nitrogens with zero attached hydrogens (tertiary/aromatic N) is 6. The maximum atomic E-state index is 5.85. The number of rotatable bonds is 8. The average molecular weight is 549 g/mol. The molecule has 9 nitrogen and oxygen atoms in total. The summed E-state index contributed by atoms with van der Waals surface area (Å²) in [6.45, 7) is 8.46. The normalized spacial score (nSPS) is 15.0.